The molecule has 0 atom stereocenters. The zero-order valence-corrected chi connectivity index (χ0v) is 12.8. The number of anilines is 2. The predicted molar refractivity (Wildman–Crippen MR) is 89.7 cm³/mol. The Labute approximate surface area is 138 Å². The van der Waals surface area contributed by atoms with Gasteiger partial charge in [0.25, 0.3) is 0 Å². The first kappa shape index (κ1) is 15.9. The Morgan fingerprint density at radius 3 is 2.46 bits per heavy atom. The second-order valence-corrected chi connectivity index (χ2v) is 5.57. The lowest BCUT2D eigenvalue weighted by Gasteiger charge is -2.05. The first-order valence-corrected chi connectivity index (χ1v) is 7.62. The molecule has 2 amide bonds. The summed E-state index contributed by atoms with van der Waals surface area (Å²) in [5, 5.41) is 5.39. The van der Waals surface area contributed by atoms with Crippen molar-refractivity contribution in [3.8, 4) is 0 Å². The molecule has 0 radical (unpaired) electrons. The van der Waals surface area contributed by atoms with E-state index in [0.29, 0.717) is 11.5 Å². The summed E-state index contributed by atoms with van der Waals surface area (Å²) < 4.78 is 12.8. The molecule has 0 unspecified atom stereocenters. The van der Waals surface area contributed by atoms with Crippen LogP contribution >= 0.6 is 0 Å². The van der Waals surface area contributed by atoms with Crippen molar-refractivity contribution < 1.29 is 14.0 Å². The van der Waals surface area contributed by atoms with Crippen LogP contribution in [0.4, 0.5) is 15.9 Å². The molecule has 1 heterocycles. The van der Waals surface area contributed by atoms with Gasteiger partial charge in [-0.05, 0) is 48.7 Å². The van der Waals surface area contributed by atoms with Crippen molar-refractivity contribution in [1.29, 1.82) is 0 Å². The maximum atomic E-state index is 12.8. The molecule has 1 aliphatic rings. The van der Waals surface area contributed by atoms with Crippen LogP contribution < -0.4 is 10.6 Å². The van der Waals surface area contributed by atoms with E-state index in [9.17, 15) is 14.0 Å². The van der Waals surface area contributed by atoms with Gasteiger partial charge < -0.3 is 10.6 Å². The molecular formula is C18H16FN3O2. The molecule has 0 bridgehead atoms. The maximum absolute atomic E-state index is 12.8. The van der Waals surface area contributed by atoms with E-state index in [1.54, 1.807) is 30.3 Å². The van der Waals surface area contributed by atoms with E-state index in [4.69, 9.17) is 0 Å². The number of nitrogens with one attached hydrogen (secondary N) is 2. The van der Waals surface area contributed by atoms with Crippen LogP contribution in [0.3, 0.4) is 0 Å². The molecule has 1 saturated carbocycles. The molecule has 122 valence electrons. The van der Waals surface area contributed by atoms with Gasteiger partial charge in [0.1, 0.15) is 11.6 Å². The highest BCUT2D eigenvalue weighted by molar-refractivity contribution is 6.02. The molecule has 0 saturated heterocycles. The van der Waals surface area contributed by atoms with Crippen LogP contribution in [0, 0.1) is 11.7 Å². The monoisotopic (exact) mass is 325 g/mol. The van der Waals surface area contributed by atoms with Gasteiger partial charge in [-0.1, -0.05) is 12.1 Å². The predicted octanol–water partition coefficient (Wildman–Crippen LogP) is 3.22. The number of halogens is 1. The number of amides is 2. The van der Waals surface area contributed by atoms with E-state index in [1.165, 1.54) is 24.4 Å². The van der Waals surface area contributed by atoms with Crippen molar-refractivity contribution in [3.05, 3.63) is 60.1 Å². The number of hydrogen-bond acceptors (Lipinski definition) is 3. The van der Waals surface area contributed by atoms with E-state index in [-0.39, 0.29) is 23.5 Å². The van der Waals surface area contributed by atoms with Crippen LogP contribution in [0.2, 0.25) is 0 Å². The summed E-state index contributed by atoms with van der Waals surface area (Å²) in [5.74, 6) is -0.0801. The summed E-state index contributed by atoms with van der Waals surface area (Å²) in [5.41, 5.74) is 1.25. The average molecular weight is 325 g/mol. The van der Waals surface area contributed by atoms with Crippen molar-refractivity contribution in [3.63, 3.8) is 0 Å². The van der Waals surface area contributed by atoms with Crippen LogP contribution in [-0.4, -0.2) is 16.8 Å². The molecule has 5 nitrogen and oxygen atoms in total. The van der Waals surface area contributed by atoms with Crippen molar-refractivity contribution >= 4 is 29.4 Å². The first-order chi connectivity index (χ1) is 11.6. The molecule has 3 rings (SSSR count). The third-order valence-corrected chi connectivity index (χ3v) is 3.53. The topological polar surface area (TPSA) is 71.1 Å². The highest BCUT2D eigenvalue weighted by Crippen LogP contribution is 2.29. The van der Waals surface area contributed by atoms with Gasteiger partial charge in [0.2, 0.25) is 11.8 Å². The second-order valence-electron chi connectivity index (χ2n) is 5.57. The number of pyridine rings is 1. The smallest absolute Gasteiger partial charge is 0.248 e. The number of nitrogens with zero attached hydrogens (tertiary/aromatic N) is 1. The molecule has 1 aliphatic carbocycles. The van der Waals surface area contributed by atoms with Crippen molar-refractivity contribution in [2.24, 2.45) is 5.92 Å². The van der Waals surface area contributed by atoms with Gasteiger partial charge in [0, 0.05) is 12.0 Å². The third-order valence-electron chi connectivity index (χ3n) is 3.53. The Hall–Kier alpha value is -3.02. The minimum absolute atomic E-state index is 0.0125. The van der Waals surface area contributed by atoms with E-state index in [1.807, 2.05) is 0 Å². The van der Waals surface area contributed by atoms with Gasteiger partial charge in [-0.25, -0.2) is 9.37 Å². The third kappa shape index (κ3) is 4.49. The van der Waals surface area contributed by atoms with Gasteiger partial charge >= 0.3 is 0 Å². The quantitative estimate of drug-likeness (QED) is 0.829. The Balaban J connectivity index is 1.53. The van der Waals surface area contributed by atoms with E-state index >= 15 is 0 Å². The normalized spacial score (nSPS) is 13.7. The summed E-state index contributed by atoms with van der Waals surface area (Å²) >= 11 is 0. The van der Waals surface area contributed by atoms with Gasteiger partial charge in [0.05, 0.1) is 11.9 Å². The van der Waals surface area contributed by atoms with Gasteiger partial charge in [-0.2, -0.15) is 0 Å². The Kier molecular flexibility index (Phi) is 4.65. The van der Waals surface area contributed by atoms with Crippen LogP contribution in [0.5, 0.6) is 0 Å². The molecule has 0 spiro atoms. The SMILES string of the molecule is O=C(C=Cc1ccc(F)cc1)Nc1ccc(NC(=O)C2CC2)nc1. The summed E-state index contributed by atoms with van der Waals surface area (Å²) in [6, 6.07) is 9.13. The Bertz CT molecular complexity index is 766. The highest BCUT2D eigenvalue weighted by Gasteiger charge is 2.29. The highest BCUT2D eigenvalue weighted by atomic mass is 19.1. The zero-order valence-electron chi connectivity index (χ0n) is 12.8. The minimum Gasteiger partial charge on any atom is -0.321 e. The molecule has 1 aromatic carbocycles. The minimum atomic E-state index is -0.323. The molecule has 6 heteroatoms. The lowest BCUT2D eigenvalue weighted by Crippen LogP contribution is -2.14. The standard InChI is InChI=1S/C18H16FN3O2/c19-14-6-1-12(2-7-14)3-10-17(23)21-15-8-9-16(20-11-15)22-18(24)13-4-5-13/h1-3,6-11,13H,4-5H2,(H,21,23)(H,20,22,24). The van der Waals surface area contributed by atoms with Crippen LogP contribution in [0.15, 0.2) is 48.7 Å². The number of carbonyl (C=O) groups is 2. The lowest BCUT2D eigenvalue weighted by atomic mass is 10.2. The fourth-order valence-electron chi connectivity index (χ4n) is 2.05. The van der Waals surface area contributed by atoms with Crippen molar-refractivity contribution in [2.45, 2.75) is 12.8 Å². The second kappa shape index (κ2) is 7.04. The molecule has 24 heavy (non-hydrogen) atoms. The molecule has 1 aromatic heterocycles. The van der Waals surface area contributed by atoms with Gasteiger partial charge in [-0.3, -0.25) is 9.59 Å². The zero-order chi connectivity index (χ0) is 16.9. The Morgan fingerprint density at radius 2 is 1.83 bits per heavy atom. The summed E-state index contributed by atoms with van der Waals surface area (Å²) in [4.78, 5) is 27.6. The molecule has 1 fully saturated rings. The number of hydrogen-bond donors (Lipinski definition) is 2. The lowest BCUT2D eigenvalue weighted by molar-refractivity contribution is -0.117. The van der Waals surface area contributed by atoms with Crippen LogP contribution in [0.1, 0.15) is 18.4 Å². The average Bonchev–Trinajstić information content (AvgIpc) is 3.41. The van der Waals surface area contributed by atoms with Gasteiger partial charge in [-0.15, -0.1) is 0 Å². The summed E-state index contributed by atoms with van der Waals surface area (Å²) in [6.45, 7) is 0. The fourth-order valence-corrected chi connectivity index (χ4v) is 2.05. The number of rotatable bonds is 5. The molecule has 0 aliphatic heterocycles. The number of aromatic nitrogens is 1. The Morgan fingerprint density at radius 1 is 1.08 bits per heavy atom. The summed E-state index contributed by atoms with van der Waals surface area (Å²) in [7, 11) is 0. The number of carbonyl (C=O) groups excluding carboxylic acids is 2. The largest absolute Gasteiger partial charge is 0.321 e. The van der Waals surface area contributed by atoms with E-state index in [2.05, 4.69) is 15.6 Å². The first-order valence-electron chi connectivity index (χ1n) is 7.62. The summed E-state index contributed by atoms with van der Waals surface area (Å²) in [6.07, 6.45) is 6.29. The van der Waals surface area contributed by atoms with E-state index in [0.717, 1.165) is 18.4 Å². The van der Waals surface area contributed by atoms with E-state index < -0.39 is 0 Å². The van der Waals surface area contributed by atoms with Crippen LogP contribution in [-0.2, 0) is 9.59 Å². The number of benzene rings is 1. The van der Waals surface area contributed by atoms with Crippen LogP contribution in [0.25, 0.3) is 6.08 Å². The molecular weight excluding hydrogens is 309 g/mol. The van der Waals surface area contributed by atoms with Crippen molar-refractivity contribution in [1.82, 2.24) is 4.98 Å². The molecule has 2 aromatic rings. The van der Waals surface area contributed by atoms with Crippen molar-refractivity contribution in [2.75, 3.05) is 10.6 Å². The fraction of sp³-hybridized carbons (Fsp3) is 0.167. The van der Waals surface area contributed by atoms with Gasteiger partial charge in [0.15, 0.2) is 0 Å². The molecule has 2 N–H and O–H groups in total. The maximum Gasteiger partial charge on any atom is 0.248 e.